The Balaban J connectivity index is 1.45. The monoisotopic (exact) mass is 478 g/mol. The van der Waals surface area contributed by atoms with Crippen molar-refractivity contribution in [3.8, 4) is 16.9 Å². The Labute approximate surface area is 191 Å². The molecule has 0 saturated carbocycles. The van der Waals surface area contributed by atoms with Gasteiger partial charge in [0.15, 0.2) is 0 Å². The van der Waals surface area contributed by atoms with Gasteiger partial charge in [-0.25, -0.2) is 0 Å². The molecule has 1 amide bonds. The van der Waals surface area contributed by atoms with Crippen LogP contribution in [0.15, 0.2) is 53.6 Å². The number of hydrogen-bond acceptors (Lipinski definition) is 6. The van der Waals surface area contributed by atoms with Gasteiger partial charge in [0.1, 0.15) is 35.8 Å². The number of aromatic nitrogens is 3. The number of pyridine rings is 1. The second-order valence-corrected chi connectivity index (χ2v) is 7.64. The van der Waals surface area contributed by atoms with Crippen molar-refractivity contribution in [1.29, 1.82) is 0 Å². The number of nitrogens with one attached hydrogen (secondary N) is 1. The summed E-state index contributed by atoms with van der Waals surface area (Å²) >= 11 is 0. The molecular weight excluding hydrogens is 457 g/mol. The number of primary amides is 1. The lowest BCUT2D eigenvalue weighted by Crippen LogP contribution is -2.41. The van der Waals surface area contributed by atoms with Crippen molar-refractivity contribution in [2.45, 2.75) is 24.9 Å². The van der Waals surface area contributed by atoms with Crippen molar-refractivity contribution in [2.24, 2.45) is 5.73 Å². The predicted molar refractivity (Wildman–Crippen MR) is 113 cm³/mol. The van der Waals surface area contributed by atoms with E-state index >= 15 is 0 Å². The predicted octanol–water partition coefficient (Wildman–Crippen LogP) is 2.22. The van der Waals surface area contributed by atoms with Gasteiger partial charge in [-0.15, -0.1) is 0 Å². The molecule has 2 aromatic heterocycles. The number of nitrogens with two attached hydrogens (primary N) is 1. The zero-order valence-electron chi connectivity index (χ0n) is 17.7. The Bertz CT molecular complexity index is 1190. The fourth-order valence-electron chi connectivity index (χ4n) is 3.57. The highest BCUT2D eigenvalue weighted by atomic mass is 19.4. The van der Waals surface area contributed by atoms with Gasteiger partial charge >= 0.3 is 6.18 Å². The summed E-state index contributed by atoms with van der Waals surface area (Å²) in [4.78, 5) is 25.0. The molecule has 3 aromatic rings. The molecule has 0 spiro atoms. The van der Waals surface area contributed by atoms with E-state index in [4.69, 9.17) is 19.9 Å². The van der Waals surface area contributed by atoms with Crippen LogP contribution in [0.4, 0.5) is 13.2 Å². The lowest BCUT2D eigenvalue weighted by atomic mass is 10.0. The average Bonchev–Trinajstić information content (AvgIpc) is 3.30. The molecule has 3 N–H and O–H groups in total. The largest absolute Gasteiger partial charge is 0.491 e. The molecule has 3 heterocycles. The van der Waals surface area contributed by atoms with Gasteiger partial charge in [-0.1, -0.05) is 12.1 Å². The minimum atomic E-state index is -4.84. The summed E-state index contributed by atoms with van der Waals surface area (Å²) in [5, 5.41) is 4.14. The second-order valence-electron chi connectivity index (χ2n) is 7.64. The molecule has 34 heavy (non-hydrogen) atoms. The Morgan fingerprint density at radius 2 is 1.97 bits per heavy atom. The molecule has 0 radical (unpaired) electrons. The van der Waals surface area contributed by atoms with Crippen molar-refractivity contribution in [2.75, 3.05) is 19.8 Å². The van der Waals surface area contributed by atoms with Gasteiger partial charge in [0.05, 0.1) is 19.8 Å². The molecule has 1 fully saturated rings. The third kappa shape index (κ3) is 5.46. The van der Waals surface area contributed by atoms with Crippen molar-refractivity contribution in [3.63, 3.8) is 0 Å². The van der Waals surface area contributed by atoms with E-state index in [0.29, 0.717) is 25.5 Å². The highest BCUT2D eigenvalue weighted by Crippen LogP contribution is 2.35. The number of rotatable bonds is 7. The van der Waals surface area contributed by atoms with Gasteiger partial charge in [0.25, 0.3) is 11.5 Å². The van der Waals surface area contributed by atoms with E-state index in [-0.39, 0.29) is 29.9 Å². The first kappa shape index (κ1) is 23.5. The average molecular weight is 478 g/mol. The van der Waals surface area contributed by atoms with E-state index in [1.54, 1.807) is 15.9 Å². The van der Waals surface area contributed by atoms with Gasteiger partial charge in [-0.2, -0.15) is 18.3 Å². The van der Waals surface area contributed by atoms with Gasteiger partial charge in [0, 0.05) is 18.0 Å². The van der Waals surface area contributed by atoms with E-state index in [9.17, 15) is 22.8 Å². The number of carbonyl (C=O) groups excluding carboxylic acids is 1. The van der Waals surface area contributed by atoms with Crippen LogP contribution in [0.3, 0.4) is 0 Å². The van der Waals surface area contributed by atoms with Crippen LogP contribution < -0.4 is 16.0 Å². The SMILES string of the molecule is NC(=O)c1cc(-c2ccc(OCC3COCC(Cn4cccn4)O3)cc2)c(C(F)(F)F)[nH]c1=O. The number of benzene rings is 1. The molecule has 2 unspecified atom stereocenters. The summed E-state index contributed by atoms with van der Waals surface area (Å²) in [5.41, 5.74) is 1.82. The number of H-pyrrole nitrogens is 1. The van der Waals surface area contributed by atoms with E-state index in [2.05, 4.69) is 5.10 Å². The number of carbonyl (C=O) groups is 1. The lowest BCUT2D eigenvalue weighted by Gasteiger charge is -2.30. The van der Waals surface area contributed by atoms with Crippen LogP contribution in [0.1, 0.15) is 16.1 Å². The number of ether oxygens (including phenoxy) is 3. The molecule has 1 aliphatic heterocycles. The summed E-state index contributed by atoms with van der Waals surface area (Å²) in [6.45, 7) is 1.48. The number of halogens is 3. The van der Waals surface area contributed by atoms with Crippen molar-refractivity contribution in [1.82, 2.24) is 14.8 Å². The lowest BCUT2D eigenvalue weighted by molar-refractivity contribution is -0.152. The fourth-order valence-corrected chi connectivity index (χ4v) is 3.57. The summed E-state index contributed by atoms with van der Waals surface area (Å²) in [6.07, 6.45) is -1.87. The highest BCUT2D eigenvalue weighted by Gasteiger charge is 2.36. The number of hydrogen-bond donors (Lipinski definition) is 2. The van der Waals surface area contributed by atoms with Crippen molar-refractivity contribution < 1.29 is 32.2 Å². The first-order valence-corrected chi connectivity index (χ1v) is 10.3. The molecule has 0 bridgehead atoms. The van der Waals surface area contributed by atoms with Crippen LogP contribution in [-0.4, -0.2) is 52.7 Å². The molecule has 180 valence electrons. The molecule has 0 aliphatic carbocycles. The maximum atomic E-state index is 13.5. The number of nitrogens with zero attached hydrogens (tertiary/aromatic N) is 2. The third-order valence-electron chi connectivity index (χ3n) is 5.13. The van der Waals surface area contributed by atoms with E-state index in [1.807, 2.05) is 12.3 Å². The van der Waals surface area contributed by atoms with Crippen LogP contribution in [0.5, 0.6) is 5.75 Å². The van der Waals surface area contributed by atoms with Crippen LogP contribution in [0, 0.1) is 0 Å². The van der Waals surface area contributed by atoms with E-state index in [0.717, 1.165) is 6.07 Å². The normalized spacial score (nSPS) is 18.6. The first-order chi connectivity index (χ1) is 16.2. The minimum absolute atomic E-state index is 0.120. The van der Waals surface area contributed by atoms with Crippen LogP contribution in [0.2, 0.25) is 0 Å². The zero-order valence-corrected chi connectivity index (χ0v) is 17.7. The molecule has 1 aliphatic rings. The maximum Gasteiger partial charge on any atom is 0.431 e. The molecule has 2 atom stereocenters. The Morgan fingerprint density at radius 1 is 1.24 bits per heavy atom. The molecule has 1 saturated heterocycles. The van der Waals surface area contributed by atoms with Gasteiger partial charge in [-0.3, -0.25) is 14.3 Å². The maximum absolute atomic E-state index is 13.5. The van der Waals surface area contributed by atoms with E-state index in [1.165, 1.54) is 24.3 Å². The summed E-state index contributed by atoms with van der Waals surface area (Å²) < 4.78 is 59.4. The Hall–Kier alpha value is -3.64. The van der Waals surface area contributed by atoms with Gasteiger partial charge in [0.2, 0.25) is 0 Å². The standard InChI is InChI=1S/C22H21F3N4O5/c23-22(24,25)19-17(8-18(20(26)30)21(31)28-19)13-2-4-14(5-3-13)33-12-16-11-32-10-15(34-16)9-29-7-1-6-27-29/h1-8,15-16H,9-12H2,(H2,26,30)(H,28,31). The molecule has 12 heteroatoms. The zero-order chi connectivity index (χ0) is 24.3. The van der Waals surface area contributed by atoms with Crippen molar-refractivity contribution in [3.05, 3.63) is 70.4 Å². The fraction of sp³-hybridized carbons (Fsp3) is 0.318. The molecule has 1 aromatic carbocycles. The topological polar surface area (TPSA) is 121 Å². The molecular formula is C22H21F3N4O5. The quantitative estimate of drug-likeness (QED) is 0.537. The number of aromatic amines is 1. The molecule has 4 rings (SSSR count). The minimum Gasteiger partial charge on any atom is -0.491 e. The number of amides is 1. The van der Waals surface area contributed by atoms with Gasteiger partial charge < -0.3 is 24.9 Å². The number of alkyl halides is 3. The first-order valence-electron chi connectivity index (χ1n) is 10.3. The second kappa shape index (κ2) is 9.69. The highest BCUT2D eigenvalue weighted by molar-refractivity contribution is 5.94. The molecule has 9 nitrogen and oxygen atoms in total. The van der Waals surface area contributed by atoms with Gasteiger partial charge in [-0.05, 0) is 29.8 Å². The Kier molecular flexibility index (Phi) is 6.70. The van der Waals surface area contributed by atoms with Crippen LogP contribution >= 0.6 is 0 Å². The Morgan fingerprint density at radius 3 is 2.62 bits per heavy atom. The van der Waals surface area contributed by atoms with Crippen LogP contribution in [-0.2, 0) is 22.2 Å². The summed E-state index contributed by atoms with van der Waals surface area (Å²) in [6, 6.07) is 8.40. The smallest absolute Gasteiger partial charge is 0.431 e. The summed E-state index contributed by atoms with van der Waals surface area (Å²) in [5.74, 6) is -0.730. The summed E-state index contributed by atoms with van der Waals surface area (Å²) in [7, 11) is 0. The third-order valence-corrected chi connectivity index (χ3v) is 5.13. The van der Waals surface area contributed by atoms with E-state index < -0.39 is 28.9 Å². The van der Waals surface area contributed by atoms with Crippen LogP contribution in [0.25, 0.3) is 11.1 Å². The van der Waals surface area contributed by atoms with Crippen molar-refractivity contribution >= 4 is 5.91 Å².